The predicted octanol–water partition coefficient (Wildman–Crippen LogP) is 5.12. The highest BCUT2D eigenvalue weighted by atomic mass is 32.2. The quantitative estimate of drug-likeness (QED) is 0.485. The van der Waals surface area contributed by atoms with Crippen molar-refractivity contribution in [3.05, 3.63) is 47.2 Å². The lowest BCUT2D eigenvalue weighted by Gasteiger charge is -2.27. The number of rotatable bonds is 7. The summed E-state index contributed by atoms with van der Waals surface area (Å²) in [6, 6.07) is 6.60. The molecule has 1 atom stereocenters. The van der Waals surface area contributed by atoms with Crippen LogP contribution < -0.4 is 10.0 Å². The summed E-state index contributed by atoms with van der Waals surface area (Å²) < 4.78 is 28.3. The second-order valence-corrected chi connectivity index (χ2v) is 10.6. The number of hydrogen-bond donors (Lipinski definition) is 4. The molecular weight excluding hydrogens is 402 g/mol. The molecule has 0 spiro atoms. The van der Waals surface area contributed by atoms with Crippen LogP contribution in [0.25, 0.3) is 0 Å². The van der Waals surface area contributed by atoms with E-state index in [9.17, 15) is 14.1 Å². The van der Waals surface area contributed by atoms with Crippen LogP contribution in [0.2, 0.25) is 0 Å². The maximum absolute atomic E-state index is 12.8. The zero-order valence-corrected chi connectivity index (χ0v) is 18.8. The van der Waals surface area contributed by atoms with E-state index in [-0.39, 0.29) is 11.0 Å². The lowest BCUT2D eigenvalue weighted by Crippen LogP contribution is -2.34. The summed E-state index contributed by atoms with van der Waals surface area (Å²) in [4.78, 5) is 12.7. The highest BCUT2D eigenvalue weighted by Crippen LogP contribution is 2.35. The first-order valence-electron chi connectivity index (χ1n) is 10.3. The van der Waals surface area contributed by atoms with Crippen LogP contribution in [0.5, 0.6) is 0 Å². The molecule has 0 saturated heterocycles. The molecule has 4 N–H and O–H groups in total. The van der Waals surface area contributed by atoms with Crippen LogP contribution in [0, 0.1) is 10.7 Å². The van der Waals surface area contributed by atoms with Crippen molar-refractivity contribution < 1.29 is 18.5 Å². The summed E-state index contributed by atoms with van der Waals surface area (Å²) in [5, 5.41) is 12.7. The number of hydrogen-bond acceptors (Lipinski definition) is 5. The van der Waals surface area contributed by atoms with Crippen molar-refractivity contribution in [1.29, 1.82) is 4.78 Å². The topological polar surface area (TPSA) is 115 Å². The Hall–Kier alpha value is -2.32. The van der Waals surface area contributed by atoms with Gasteiger partial charge in [0, 0.05) is 17.3 Å². The van der Waals surface area contributed by atoms with Gasteiger partial charge in [0.05, 0.1) is 11.9 Å². The Morgan fingerprint density at radius 3 is 2.60 bits per heavy atom. The van der Waals surface area contributed by atoms with Gasteiger partial charge < -0.3 is 14.8 Å². The van der Waals surface area contributed by atoms with Crippen LogP contribution in [-0.2, 0) is 21.9 Å². The smallest absolute Gasteiger partial charge is 0.332 e. The zero-order valence-electron chi connectivity index (χ0n) is 18.0. The van der Waals surface area contributed by atoms with Crippen molar-refractivity contribution in [2.24, 2.45) is 5.92 Å². The van der Waals surface area contributed by atoms with Gasteiger partial charge >= 0.3 is 6.03 Å². The van der Waals surface area contributed by atoms with Gasteiger partial charge in [-0.15, -0.1) is 0 Å². The van der Waals surface area contributed by atoms with Gasteiger partial charge in [0.1, 0.15) is 0 Å². The van der Waals surface area contributed by atoms with Gasteiger partial charge in [-0.2, -0.15) is 0 Å². The third kappa shape index (κ3) is 5.05. The summed E-state index contributed by atoms with van der Waals surface area (Å²) in [6.45, 7) is 7.22. The van der Waals surface area contributed by atoms with Crippen LogP contribution in [0.1, 0.15) is 69.6 Å². The third-order valence-electron chi connectivity index (χ3n) is 5.58. The van der Waals surface area contributed by atoms with Gasteiger partial charge in [-0.1, -0.05) is 51.3 Å². The van der Waals surface area contributed by atoms with Crippen molar-refractivity contribution in [2.75, 3.05) is 5.32 Å². The van der Waals surface area contributed by atoms with Crippen LogP contribution in [0.15, 0.2) is 40.0 Å². The lowest BCUT2D eigenvalue weighted by molar-refractivity contribution is 0.0779. The molecule has 1 heterocycles. The Morgan fingerprint density at radius 2 is 2.07 bits per heavy atom. The van der Waals surface area contributed by atoms with Gasteiger partial charge in [0.15, 0.2) is 9.92 Å². The maximum atomic E-state index is 12.8. The number of anilines is 1. The molecule has 0 radical (unpaired) electrons. The monoisotopic (exact) mass is 433 g/mol. The minimum Gasteiger partial charge on any atom is -0.452 e. The standard InChI is InChI=1S/C22H31N3O4S/c1-14(2)18-10-6-9-16(11-15-7-5-8-15)20(18)24-21(26)25-30(23,28)19-12-17(13-29-19)22(3,4)27/h6,9-10,12-15,27H,5,7-8,11H2,1-4H3,(H3,23,24,25,26,28). The summed E-state index contributed by atoms with van der Waals surface area (Å²) in [5.74, 6) is 0.821. The first-order chi connectivity index (χ1) is 14.0. The SMILES string of the molecule is CC(C)c1cccc(CC2CCC2)c1NC(=O)NS(=N)(=O)c1cc(C(C)(C)O)co1. The number of amides is 2. The van der Waals surface area contributed by atoms with Gasteiger partial charge in [-0.25, -0.2) is 18.5 Å². The molecule has 2 amide bonds. The Morgan fingerprint density at radius 1 is 1.37 bits per heavy atom. The van der Waals surface area contributed by atoms with Crippen LogP contribution in [0.4, 0.5) is 10.5 Å². The number of aliphatic hydroxyl groups is 1. The number of urea groups is 1. The van der Waals surface area contributed by atoms with Crippen molar-refractivity contribution in [3.63, 3.8) is 0 Å². The number of carbonyl (C=O) groups is 1. The van der Waals surface area contributed by atoms with Crippen molar-refractivity contribution in [3.8, 4) is 0 Å². The first-order valence-corrected chi connectivity index (χ1v) is 11.8. The molecule has 1 saturated carbocycles. The first kappa shape index (κ1) is 22.4. The fraction of sp³-hybridized carbons (Fsp3) is 0.500. The summed E-state index contributed by atoms with van der Waals surface area (Å²) in [7, 11) is -3.72. The molecule has 1 unspecified atom stereocenters. The van der Waals surface area contributed by atoms with Crippen LogP contribution in [-0.4, -0.2) is 15.3 Å². The van der Waals surface area contributed by atoms with Gasteiger partial charge in [-0.05, 0) is 43.2 Å². The molecule has 164 valence electrons. The normalized spacial score (nSPS) is 16.7. The predicted molar refractivity (Wildman–Crippen MR) is 117 cm³/mol. The maximum Gasteiger partial charge on any atom is 0.332 e. The van der Waals surface area contributed by atoms with Gasteiger partial charge in [-0.3, -0.25) is 0 Å². The Labute approximate surface area is 178 Å². The lowest BCUT2D eigenvalue weighted by atomic mass is 9.80. The highest BCUT2D eigenvalue weighted by Gasteiger charge is 2.25. The number of carbonyl (C=O) groups excluding carboxylic acids is 1. The number of furan rings is 1. The van der Waals surface area contributed by atoms with Crippen molar-refractivity contribution in [1.82, 2.24) is 4.72 Å². The van der Waals surface area contributed by atoms with Gasteiger partial charge in [0.2, 0.25) is 5.09 Å². The molecule has 1 aromatic carbocycles. The zero-order chi connectivity index (χ0) is 22.1. The van der Waals surface area contributed by atoms with E-state index in [1.807, 2.05) is 18.2 Å². The minimum absolute atomic E-state index is 0.196. The van der Waals surface area contributed by atoms with E-state index in [0.29, 0.717) is 11.5 Å². The highest BCUT2D eigenvalue weighted by molar-refractivity contribution is 7.91. The van der Waals surface area contributed by atoms with E-state index < -0.39 is 21.5 Å². The summed E-state index contributed by atoms with van der Waals surface area (Å²) in [6.07, 6.45) is 5.77. The molecule has 2 aromatic rings. The van der Waals surface area contributed by atoms with Crippen molar-refractivity contribution >= 4 is 21.6 Å². The average molecular weight is 434 g/mol. The second kappa shape index (κ2) is 8.43. The van der Waals surface area contributed by atoms with Crippen LogP contribution in [0.3, 0.4) is 0 Å². The molecule has 0 bridgehead atoms. The average Bonchev–Trinajstić information content (AvgIpc) is 3.09. The van der Waals surface area contributed by atoms with E-state index >= 15 is 0 Å². The summed E-state index contributed by atoms with van der Waals surface area (Å²) in [5.41, 5.74) is 1.96. The molecule has 7 nitrogen and oxygen atoms in total. The number of nitrogens with one attached hydrogen (secondary N) is 3. The number of benzene rings is 1. The van der Waals surface area contributed by atoms with Crippen molar-refractivity contribution in [2.45, 2.75) is 70.0 Å². The molecule has 1 aromatic heterocycles. The Kier molecular flexibility index (Phi) is 6.29. The molecule has 30 heavy (non-hydrogen) atoms. The molecule has 1 fully saturated rings. The molecule has 8 heteroatoms. The van der Waals surface area contributed by atoms with Gasteiger partial charge in [0.25, 0.3) is 0 Å². The fourth-order valence-corrected chi connectivity index (χ4v) is 4.43. The number of para-hydroxylation sites is 1. The van der Waals surface area contributed by atoms with E-state index in [1.165, 1.54) is 31.6 Å². The van der Waals surface area contributed by atoms with E-state index in [4.69, 9.17) is 9.20 Å². The Bertz CT molecular complexity index is 1020. The second-order valence-electron chi connectivity index (χ2n) is 8.86. The summed E-state index contributed by atoms with van der Waals surface area (Å²) >= 11 is 0. The van der Waals surface area contributed by atoms with E-state index in [2.05, 4.69) is 23.9 Å². The third-order valence-corrected chi connectivity index (χ3v) is 6.83. The fourth-order valence-electron chi connectivity index (χ4n) is 3.54. The minimum atomic E-state index is -3.72. The molecule has 1 aliphatic carbocycles. The molecule has 1 aliphatic rings. The molecular formula is C22H31N3O4S. The van der Waals surface area contributed by atoms with E-state index in [0.717, 1.165) is 23.2 Å². The Balaban J connectivity index is 1.80. The largest absolute Gasteiger partial charge is 0.452 e. The van der Waals surface area contributed by atoms with E-state index in [1.54, 1.807) is 13.8 Å². The molecule has 0 aliphatic heterocycles. The van der Waals surface area contributed by atoms with Crippen LogP contribution >= 0.6 is 0 Å². The molecule has 3 rings (SSSR count).